The summed E-state index contributed by atoms with van der Waals surface area (Å²) in [5.74, 6) is 1.87. The maximum atomic E-state index is 14.0. The van der Waals surface area contributed by atoms with Crippen molar-refractivity contribution >= 4 is 5.96 Å². The molecule has 5 nitrogen and oxygen atoms in total. The van der Waals surface area contributed by atoms with Crippen molar-refractivity contribution in [2.45, 2.75) is 31.7 Å². The molecular weight excluding hydrogens is 343 g/mol. The van der Waals surface area contributed by atoms with Crippen LogP contribution >= 0.6 is 0 Å². The number of hydrogen-bond acceptors (Lipinski definition) is 3. The van der Waals surface area contributed by atoms with Gasteiger partial charge in [-0.1, -0.05) is 18.2 Å². The average molecular weight is 375 g/mol. The number of halogens is 1. The zero-order valence-electron chi connectivity index (χ0n) is 16.2. The molecule has 2 heterocycles. The Balaban J connectivity index is 1.31. The van der Waals surface area contributed by atoms with E-state index in [2.05, 4.69) is 22.0 Å². The quantitative estimate of drug-likeness (QED) is 0.634. The van der Waals surface area contributed by atoms with E-state index in [-0.39, 0.29) is 11.7 Å². The number of ether oxygens (including phenoxy) is 1. The van der Waals surface area contributed by atoms with E-state index in [0.717, 1.165) is 70.4 Å². The number of nitrogens with one attached hydrogen (secondary N) is 1. The second-order valence-corrected chi connectivity index (χ2v) is 7.93. The van der Waals surface area contributed by atoms with Crippen LogP contribution in [0.25, 0.3) is 0 Å². The Morgan fingerprint density at radius 1 is 1.26 bits per heavy atom. The van der Waals surface area contributed by atoms with Crippen molar-refractivity contribution in [3.8, 4) is 0 Å². The molecule has 2 saturated heterocycles. The van der Waals surface area contributed by atoms with Gasteiger partial charge in [0.15, 0.2) is 5.96 Å². The summed E-state index contributed by atoms with van der Waals surface area (Å²) in [5, 5.41) is 3.61. The van der Waals surface area contributed by atoms with Gasteiger partial charge in [-0.3, -0.25) is 9.89 Å². The van der Waals surface area contributed by atoms with E-state index in [1.807, 2.05) is 12.1 Å². The Bertz CT molecular complexity index is 661. The lowest BCUT2D eigenvalue weighted by molar-refractivity contribution is 0.0315. The van der Waals surface area contributed by atoms with Gasteiger partial charge in [-0.05, 0) is 37.3 Å². The summed E-state index contributed by atoms with van der Waals surface area (Å²) < 4.78 is 19.5. The molecule has 1 saturated carbocycles. The van der Waals surface area contributed by atoms with Crippen LogP contribution in [0.3, 0.4) is 0 Å². The predicted molar refractivity (Wildman–Crippen MR) is 106 cm³/mol. The van der Waals surface area contributed by atoms with Crippen LogP contribution in [-0.4, -0.2) is 74.3 Å². The SMILES string of the molecule is CCN=C(NC1CC1c1ccccc1F)N1CCC(CN2CCOCC2)C1. The fraction of sp³-hybridized carbons (Fsp3) is 0.667. The van der Waals surface area contributed by atoms with Gasteiger partial charge >= 0.3 is 0 Å². The fourth-order valence-corrected chi connectivity index (χ4v) is 4.35. The first-order valence-electron chi connectivity index (χ1n) is 10.3. The highest BCUT2D eigenvalue weighted by molar-refractivity contribution is 5.81. The van der Waals surface area contributed by atoms with Gasteiger partial charge in [-0.15, -0.1) is 0 Å². The predicted octanol–water partition coefficient (Wildman–Crippen LogP) is 2.30. The van der Waals surface area contributed by atoms with E-state index < -0.39 is 0 Å². The largest absolute Gasteiger partial charge is 0.379 e. The molecule has 1 aliphatic carbocycles. The van der Waals surface area contributed by atoms with Crippen LogP contribution in [-0.2, 0) is 4.74 Å². The second-order valence-electron chi connectivity index (χ2n) is 7.93. The molecule has 3 fully saturated rings. The van der Waals surface area contributed by atoms with Crippen molar-refractivity contribution in [1.82, 2.24) is 15.1 Å². The molecule has 0 aromatic heterocycles. The van der Waals surface area contributed by atoms with Gasteiger partial charge in [0, 0.05) is 51.2 Å². The number of likely N-dealkylation sites (tertiary alicyclic amines) is 1. The van der Waals surface area contributed by atoms with E-state index in [9.17, 15) is 4.39 Å². The van der Waals surface area contributed by atoms with E-state index >= 15 is 0 Å². The zero-order chi connectivity index (χ0) is 18.6. The lowest BCUT2D eigenvalue weighted by Gasteiger charge is -2.29. The van der Waals surface area contributed by atoms with Crippen LogP contribution in [0.4, 0.5) is 4.39 Å². The molecule has 2 aliphatic heterocycles. The molecule has 0 bridgehead atoms. The fourth-order valence-electron chi connectivity index (χ4n) is 4.35. The number of nitrogens with zero attached hydrogens (tertiary/aromatic N) is 3. The second kappa shape index (κ2) is 8.57. The third kappa shape index (κ3) is 4.61. The summed E-state index contributed by atoms with van der Waals surface area (Å²) in [7, 11) is 0. The Hall–Kier alpha value is -1.66. The smallest absolute Gasteiger partial charge is 0.194 e. The molecule has 1 aromatic rings. The lowest BCUT2D eigenvalue weighted by atomic mass is 10.1. The average Bonchev–Trinajstić information content (AvgIpc) is 3.29. The maximum absolute atomic E-state index is 14.0. The first kappa shape index (κ1) is 18.7. The number of aliphatic imine (C=N–C) groups is 1. The van der Waals surface area contributed by atoms with Gasteiger partial charge < -0.3 is 15.0 Å². The van der Waals surface area contributed by atoms with Crippen molar-refractivity contribution in [1.29, 1.82) is 0 Å². The summed E-state index contributed by atoms with van der Waals surface area (Å²) in [6.07, 6.45) is 2.19. The molecule has 148 valence electrons. The summed E-state index contributed by atoms with van der Waals surface area (Å²) >= 11 is 0. The van der Waals surface area contributed by atoms with E-state index in [4.69, 9.17) is 9.73 Å². The van der Waals surface area contributed by atoms with Crippen molar-refractivity contribution in [2.24, 2.45) is 10.9 Å². The van der Waals surface area contributed by atoms with Crippen molar-refractivity contribution in [3.05, 3.63) is 35.6 Å². The van der Waals surface area contributed by atoms with Gasteiger partial charge in [0.05, 0.1) is 13.2 Å². The third-order valence-electron chi connectivity index (χ3n) is 5.92. The van der Waals surface area contributed by atoms with Crippen molar-refractivity contribution < 1.29 is 9.13 Å². The van der Waals surface area contributed by atoms with E-state index in [0.29, 0.717) is 12.0 Å². The number of guanidine groups is 1. The number of rotatable bonds is 5. The molecule has 6 heteroatoms. The minimum atomic E-state index is -0.0903. The summed E-state index contributed by atoms with van der Waals surface area (Å²) in [4.78, 5) is 9.64. The standard InChI is InChI=1S/C21H31FN4O/c1-2-23-21(24-20-13-18(20)17-5-3-4-6-19(17)22)26-8-7-16(15-26)14-25-9-11-27-12-10-25/h3-6,16,18,20H,2,7-15H2,1H3,(H,23,24). The van der Waals surface area contributed by atoms with Gasteiger partial charge in [0.1, 0.15) is 5.82 Å². The molecule has 3 atom stereocenters. The number of morpholine rings is 1. The highest BCUT2D eigenvalue weighted by Gasteiger charge is 2.41. The molecular formula is C21H31FN4O. The summed E-state index contributed by atoms with van der Waals surface area (Å²) in [5.41, 5.74) is 0.831. The van der Waals surface area contributed by atoms with E-state index in [1.54, 1.807) is 12.1 Å². The molecule has 3 unspecified atom stereocenters. The summed E-state index contributed by atoms with van der Waals surface area (Å²) in [6, 6.07) is 7.44. The molecule has 0 spiro atoms. The van der Waals surface area contributed by atoms with Gasteiger partial charge in [0.2, 0.25) is 0 Å². The monoisotopic (exact) mass is 374 g/mol. The molecule has 1 aromatic carbocycles. The lowest BCUT2D eigenvalue weighted by Crippen LogP contribution is -2.43. The Kier molecular flexibility index (Phi) is 5.93. The topological polar surface area (TPSA) is 40.1 Å². The van der Waals surface area contributed by atoms with Gasteiger partial charge in [-0.25, -0.2) is 4.39 Å². The summed E-state index contributed by atoms with van der Waals surface area (Å²) in [6.45, 7) is 9.93. The Labute approximate surface area is 161 Å². The number of hydrogen-bond donors (Lipinski definition) is 1. The first-order chi connectivity index (χ1) is 13.2. The number of benzene rings is 1. The molecule has 1 N–H and O–H groups in total. The van der Waals surface area contributed by atoms with Crippen molar-refractivity contribution in [3.63, 3.8) is 0 Å². The maximum Gasteiger partial charge on any atom is 0.194 e. The highest BCUT2D eigenvalue weighted by atomic mass is 19.1. The highest BCUT2D eigenvalue weighted by Crippen LogP contribution is 2.42. The zero-order valence-corrected chi connectivity index (χ0v) is 16.2. The molecule has 0 radical (unpaired) electrons. The normalized spacial score (nSPS) is 29.2. The van der Waals surface area contributed by atoms with E-state index in [1.165, 1.54) is 6.42 Å². The van der Waals surface area contributed by atoms with Crippen LogP contribution in [0, 0.1) is 11.7 Å². The molecule has 3 aliphatic rings. The van der Waals surface area contributed by atoms with Crippen LogP contribution < -0.4 is 5.32 Å². The third-order valence-corrected chi connectivity index (χ3v) is 5.92. The van der Waals surface area contributed by atoms with Crippen molar-refractivity contribution in [2.75, 3.05) is 52.5 Å². The molecule has 0 amide bonds. The van der Waals surface area contributed by atoms with Crippen LogP contribution in [0.5, 0.6) is 0 Å². The Morgan fingerprint density at radius 2 is 2.07 bits per heavy atom. The van der Waals surface area contributed by atoms with Crippen LogP contribution in [0.2, 0.25) is 0 Å². The minimum Gasteiger partial charge on any atom is -0.379 e. The minimum absolute atomic E-state index is 0.0903. The Morgan fingerprint density at radius 3 is 2.85 bits per heavy atom. The van der Waals surface area contributed by atoms with Gasteiger partial charge in [0.25, 0.3) is 0 Å². The first-order valence-corrected chi connectivity index (χ1v) is 10.3. The molecule has 4 rings (SSSR count). The van der Waals surface area contributed by atoms with Crippen LogP contribution in [0.1, 0.15) is 31.2 Å². The molecule has 27 heavy (non-hydrogen) atoms. The van der Waals surface area contributed by atoms with Crippen LogP contribution in [0.15, 0.2) is 29.3 Å². The van der Waals surface area contributed by atoms with Gasteiger partial charge in [-0.2, -0.15) is 0 Å².